The van der Waals surface area contributed by atoms with Gasteiger partial charge in [0.25, 0.3) is 5.91 Å². The van der Waals surface area contributed by atoms with Crippen molar-refractivity contribution in [1.29, 1.82) is 0 Å². The van der Waals surface area contributed by atoms with Gasteiger partial charge in [0.15, 0.2) is 0 Å². The number of nitrogens with zero attached hydrogens (tertiary/aromatic N) is 2. The number of carbonyl (C=O) groups excluding carboxylic acids is 1. The predicted molar refractivity (Wildman–Crippen MR) is 141 cm³/mol. The molecule has 35 heavy (non-hydrogen) atoms. The number of allylic oxidation sites excluding steroid dienone is 2. The topological polar surface area (TPSA) is 86.7 Å². The molecule has 1 fully saturated rings. The van der Waals surface area contributed by atoms with Crippen LogP contribution in [0, 0.1) is 0 Å². The molecular formula is C28H32N4O3. The highest BCUT2D eigenvalue weighted by molar-refractivity contribution is 6.04. The normalized spacial score (nSPS) is 14.8. The zero-order chi connectivity index (χ0) is 24.8. The Hall–Kier alpha value is -3.68. The van der Waals surface area contributed by atoms with Crippen molar-refractivity contribution in [2.24, 2.45) is 0 Å². The fourth-order valence-corrected chi connectivity index (χ4v) is 4.23. The number of piperidine rings is 1. The Bertz CT molecular complexity index is 1230. The molecular weight excluding hydrogens is 440 g/mol. The lowest BCUT2D eigenvalue weighted by Crippen LogP contribution is -2.34. The van der Waals surface area contributed by atoms with Crippen LogP contribution in [-0.4, -0.2) is 60.8 Å². The molecule has 0 saturated carbocycles. The highest BCUT2D eigenvalue weighted by Crippen LogP contribution is 2.26. The number of aromatic nitrogens is 1. The van der Waals surface area contributed by atoms with E-state index < -0.39 is 0 Å². The van der Waals surface area contributed by atoms with Gasteiger partial charge in [0.2, 0.25) is 0 Å². The van der Waals surface area contributed by atoms with Crippen molar-refractivity contribution in [3.05, 3.63) is 84.2 Å². The summed E-state index contributed by atoms with van der Waals surface area (Å²) < 4.78 is 6.02. The van der Waals surface area contributed by atoms with Gasteiger partial charge in [-0.05, 0) is 73.3 Å². The largest absolute Gasteiger partial charge is 0.490 e. The third-order valence-electron chi connectivity index (χ3n) is 6.18. The minimum atomic E-state index is -0.233. The minimum absolute atomic E-state index is 0.0915. The first-order valence-corrected chi connectivity index (χ1v) is 11.8. The molecule has 0 radical (unpaired) electrons. The van der Waals surface area contributed by atoms with Crippen LogP contribution in [0.15, 0.2) is 73.1 Å². The van der Waals surface area contributed by atoms with Gasteiger partial charge < -0.3 is 25.4 Å². The number of nitrogens with one attached hydrogen (secondary N) is 2. The number of anilines is 1. The van der Waals surface area contributed by atoms with Gasteiger partial charge in [0.1, 0.15) is 17.7 Å². The second-order valence-corrected chi connectivity index (χ2v) is 8.79. The lowest BCUT2D eigenvalue weighted by atomic mass is 10.00. The number of fused-ring (bicyclic) bond motifs is 1. The summed E-state index contributed by atoms with van der Waals surface area (Å²) in [5.41, 5.74) is 3.09. The van der Waals surface area contributed by atoms with E-state index in [9.17, 15) is 9.90 Å². The number of hydrogen-bond acceptors (Lipinski definition) is 6. The molecule has 0 bridgehead atoms. The number of benzene rings is 2. The van der Waals surface area contributed by atoms with Gasteiger partial charge >= 0.3 is 0 Å². The van der Waals surface area contributed by atoms with Crippen molar-refractivity contribution in [3.63, 3.8) is 0 Å². The second kappa shape index (κ2) is 11.2. The molecule has 0 atom stereocenters. The molecule has 2 aromatic carbocycles. The molecule has 1 amide bonds. The molecule has 182 valence electrons. The van der Waals surface area contributed by atoms with E-state index in [4.69, 9.17) is 4.74 Å². The number of ether oxygens (including phenoxy) is 1. The van der Waals surface area contributed by atoms with Crippen molar-refractivity contribution >= 4 is 28.1 Å². The molecule has 7 nitrogen and oxygen atoms in total. The van der Waals surface area contributed by atoms with Crippen molar-refractivity contribution in [1.82, 2.24) is 15.2 Å². The lowest BCUT2D eigenvalue weighted by molar-refractivity contribution is 0.102. The number of aliphatic hydroxyl groups excluding tert-OH is 1. The first-order valence-electron chi connectivity index (χ1n) is 11.8. The van der Waals surface area contributed by atoms with E-state index in [2.05, 4.69) is 22.2 Å². The summed E-state index contributed by atoms with van der Waals surface area (Å²) in [4.78, 5) is 19.1. The Morgan fingerprint density at radius 2 is 1.86 bits per heavy atom. The van der Waals surface area contributed by atoms with Gasteiger partial charge in [-0.2, -0.15) is 0 Å². The highest BCUT2D eigenvalue weighted by Gasteiger charge is 2.15. The van der Waals surface area contributed by atoms with Gasteiger partial charge in [-0.3, -0.25) is 4.79 Å². The van der Waals surface area contributed by atoms with E-state index in [1.54, 1.807) is 24.4 Å². The van der Waals surface area contributed by atoms with Crippen molar-refractivity contribution in [3.8, 4) is 5.75 Å². The third-order valence-corrected chi connectivity index (χ3v) is 6.18. The summed E-state index contributed by atoms with van der Waals surface area (Å²) in [6.45, 7) is 5.76. The Labute approximate surface area is 206 Å². The molecule has 7 heteroatoms. The third kappa shape index (κ3) is 5.88. The molecule has 0 unspecified atom stereocenters. The van der Waals surface area contributed by atoms with E-state index >= 15 is 0 Å². The van der Waals surface area contributed by atoms with E-state index in [1.807, 2.05) is 55.4 Å². The van der Waals surface area contributed by atoms with E-state index in [0.717, 1.165) is 59.3 Å². The average molecular weight is 473 g/mol. The van der Waals surface area contributed by atoms with Crippen LogP contribution >= 0.6 is 0 Å². The predicted octanol–water partition coefficient (Wildman–Crippen LogP) is 4.07. The fourth-order valence-electron chi connectivity index (χ4n) is 4.23. The first-order chi connectivity index (χ1) is 17.0. The Balaban J connectivity index is 1.50. The molecule has 1 aliphatic rings. The van der Waals surface area contributed by atoms with Crippen LogP contribution < -0.4 is 15.4 Å². The number of aliphatic hydroxyl groups is 1. The molecule has 1 aliphatic heterocycles. The first kappa shape index (κ1) is 24.4. The quantitative estimate of drug-likeness (QED) is 0.429. The molecule has 4 rings (SSSR count). The SMILES string of the molecule is C=C/C(=C(/CO)N(C)C)c1ccc2cnc(NC(=O)c3ccc(OC4CCNCC4)cc3)cc2c1. The van der Waals surface area contributed by atoms with Gasteiger partial charge in [-0.25, -0.2) is 4.98 Å². The van der Waals surface area contributed by atoms with Gasteiger partial charge in [0, 0.05) is 42.5 Å². The summed E-state index contributed by atoms with van der Waals surface area (Å²) in [6.07, 6.45) is 5.66. The van der Waals surface area contributed by atoms with Crippen molar-refractivity contribution in [2.75, 3.05) is 39.1 Å². The zero-order valence-corrected chi connectivity index (χ0v) is 20.3. The standard InChI is InChI=1S/C28H32N4O3/c1-4-25(26(18-33)32(2)3)20-5-6-21-17-30-27(16-22(21)15-20)31-28(34)19-7-9-23(10-8-19)35-24-11-13-29-14-12-24/h4-10,15-17,24,29,33H,1,11-14,18H2,2-3H3,(H,30,31,34)/b26-25+. The monoisotopic (exact) mass is 472 g/mol. The summed E-state index contributed by atoms with van der Waals surface area (Å²) in [5.74, 6) is 1.01. The Morgan fingerprint density at radius 3 is 2.51 bits per heavy atom. The van der Waals surface area contributed by atoms with Crippen LogP contribution in [0.1, 0.15) is 28.8 Å². The minimum Gasteiger partial charge on any atom is -0.490 e. The van der Waals surface area contributed by atoms with Crippen LogP contribution in [0.3, 0.4) is 0 Å². The number of pyridine rings is 1. The summed E-state index contributed by atoms with van der Waals surface area (Å²) in [6, 6.07) is 15.0. The maximum Gasteiger partial charge on any atom is 0.256 e. The number of amides is 1. The van der Waals surface area contributed by atoms with Crippen LogP contribution in [0.4, 0.5) is 5.82 Å². The van der Waals surface area contributed by atoms with Crippen LogP contribution in [-0.2, 0) is 0 Å². The number of rotatable bonds is 8. The van der Waals surface area contributed by atoms with Crippen LogP contribution in [0.5, 0.6) is 5.75 Å². The van der Waals surface area contributed by atoms with E-state index in [0.29, 0.717) is 11.4 Å². The second-order valence-electron chi connectivity index (χ2n) is 8.79. The maximum atomic E-state index is 12.8. The Kier molecular flexibility index (Phi) is 7.80. The van der Waals surface area contributed by atoms with Crippen molar-refractivity contribution < 1.29 is 14.6 Å². The summed E-state index contributed by atoms with van der Waals surface area (Å²) >= 11 is 0. The maximum absolute atomic E-state index is 12.8. The smallest absolute Gasteiger partial charge is 0.256 e. The molecule has 1 aromatic heterocycles. The zero-order valence-electron chi connectivity index (χ0n) is 20.3. The Morgan fingerprint density at radius 1 is 1.14 bits per heavy atom. The summed E-state index contributed by atoms with van der Waals surface area (Å²) in [5, 5.41) is 17.9. The molecule has 1 saturated heterocycles. The highest BCUT2D eigenvalue weighted by atomic mass is 16.5. The lowest BCUT2D eigenvalue weighted by Gasteiger charge is -2.23. The summed E-state index contributed by atoms with van der Waals surface area (Å²) in [7, 11) is 3.78. The molecule has 0 spiro atoms. The number of hydrogen-bond donors (Lipinski definition) is 3. The average Bonchev–Trinajstić information content (AvgIpc) is 2.87. The van der Waals surface area contributed by atoms with Gasteiger partial charge in [-0.15, -0.1) is 0 Å². The molecule has 3 aromatic rings. The van der Waals surface area contributed by atoms with Crippen LogP contribution in [0.25, 0.3) is 16.3 Å². The van der Waals surface area contributed by atoms with E-state index in [-0.39, 0.29) is 18.6 Å². The van der Waals surface area contributed by atoms with Crippen molar-refractivity contribution in [2.45, 2.75) is 18.9 Å². The molecule has 3 N–H and O–H groups in total. The number of carbonyl (C=O) groups is 1. The molecule has 0 aliphatic carbocycles. The number of likely N-dealkylation sites (N-methyl/N-ethyl adjacent to an activating group) is 1. The van der Waals surface area contributed by atoms with Gasteiger partial charge in [-0.1, -0.05) is 24.8 Å². The molecule has 2 heterocycles. The van der Waals surface area contributed by atoms with E-state index in [1.165, 1.54) is 0 Å². The van der Waals surface area contributed by atoms with Gasteiger partial charge in [0.05, 0.1) is 6.61 Å². The van der Waals surface area contributed by atoms with Crippen LogP contribution in [0.2, 0.25) is 0 Å². The fraction of sp³-hybridized carbons (Fsp3) is 0.286.